The van der Waals surface area contributed by atoms with Crippen molar-refractivity contribution in [1.82, 2.24) is 5.32 Å². The lowest BCUT2D eigenvalue weighted by Crippen LogP contribution is -2.16. The first-order chi connectivity index (χ1) is 5.33. The first-order valence-electron chi connectivity index (χ1n) is 4.76. The van der Waals surface area contributed by atoms with Gasteiger partial charge in [-0.2, -0.15) is 0 Å². The van der Waals surface area contributed by atoms with Crippen molar-refractivity contribution in [3.05, 3.63) is 0 Å². The molecular formula is C9H20N2. The predicted octanol–water partition coefficient (Wildman–Crippen LogP) is 1.11. The number of nitrogens with one attached hydrogen (secondary N) is 1. The van der Waals surface area contributed by atoms with Crippen LogP contribution in [0, 0.1) is 5.92 Å². The second-order valence-corrected chi connectivity index (χ2v) is 3.68. The van der Waals surface area contributed by atoms with E-state index in [0.29, 0.717) is 0 Å². The van der Waals surface area contributed by atoms with Gasteiger partial charge in [-0.1, -0.05) is 0 Å². The van der Waals surface area contributed by atoms with E-state index in [-0.39, 0.29) is 0 Å². The molecule has 2 fully saturated rings. The zero-order valence-corrected chi connectivity index (χ0v) is 7.47. The van der Waals surface area contributed by atoms with E-state index >= 15 is 0 Å². The van der Waals surface area contributed by atoms with E-state index < -0.39 is 0 Å². The molecule has 1 unspecified atom stereocenters. The Bertz CT molecular complexity index is 93.7. The summed E-state index contributed by atoms with van der Waals surface area (Å²) in [5.41, 5.74) is 5.23. The van der Waals surface area contributed by atoms with Crippen LogP contribution in [0.3, 0.4) is 0 Å². The SMILES string of the molecule is CC1CCCN1.NCC1CC1. The van der Waals surface area contributed by atoms with Crippen molar-refractivity contribution >= 4 is 0 Å². The molecule has 2 aliphatic rings. The lowest BCUT2D eigenvalue weighted by Gasteiger charge is -1.95. The highest BCUT2D eigenvalue weighted by Crippen LogP contribution is 2.26. The van der Waals surface area contributed by atoms with Gasteiger partial charge in [-0.25, -0.2) is 0 Å². The third-order valence-corrected chi connectivity index (χ3v) is 2.34. The number of rotatable bonds is 1. The maximum atomic E-state index is 5.23. The molecule has 1 saturated heterocycles. The number of nitrogens with two attached hydrogens (primary N) is 1. The van der Waals surface area contributed by atoms with Crippen LogP contribution < -0.4 is 11.1 Å². The third-order valence-electron chi connectivity index (χ3n) is 2.34. The number of hydrogen-bond acceptors (Lipinski definition) is 2. The quantitative estimate of drug-likeness (QED) is 0.597. The summed E-state index contributed by atoms with van der Waals surface area (Å²) in [4.78, 5) is 0. The van der Waals surface area contributed by atoms with Crippen LogP contribution in [0.4, 0.5) is 0 Å². The first kappa shape index (κ1) is 9.01. The van der Waals surface area contributed by atoms with Crippen LogP contribution in [0.5, 0.6) is 0 Å². The highest BCUT2D eigenvalue weighted by Gasteiger charge is 2.17. The van der Waals surface area contributed by atoms with Gasteiger partial charge in [0.1, 0.15) is 0 Å². The fourth-order valence-corrected chi connectivity index (χ4v) is 1.21. The molecule has 0 spiro atoms. The Hall–Kier alpha value is -0.0800. The Labute approximate surface area is 69.5 Å². The molecule has 0 amide bonds. The van der Waals surface area contributed by atoms with Crippen molar-refractivity contribution in [2.75, 3.05) is 13.1 Å². The van der Waals surface area contributed by atoms with Crippen LogP contribution in [-0.4, -0.2) is 19.1 Å². The molecule has 2 heteroatoms. The molecule has 0 aromatic carbocycles. The number of hydrogen-bond donors (Lipinski definition) is 2. The molecule has 2 nitrogen and oxygen atoms in total. The Morgan fingerprint density at radius 1 is 1.36 bits per heavy atom. The molecule has 1 aliphatic heterocycles. The average Bonchev–Trinajstić information content (AvgIpc) is 2.75. The standard InChI is InChI=1S/C5H11N.C4H9N/c1-5-3-2-4-6-5;5-3-4-1-2-4/h5-6H,2-4H2,1H3;4H,1-3,5H2. The van der Waals surface area contributed by atoms with Gasteiger partial charge in [0.05, 0.1) is 0 Å². The smallest absolute Gasteiger partial charge is 0.00391 e. The summed E-state index contributed by atoms with van der Waals surface area (Å²) < 4.78 is 0. The fraction of sp³-hybridized carbons (Fsp3) is 1.00. The van der Waals surface area contributed by atoms with Crippen LogP contribution >= 0.6 is 0 Å². The van der Waals surface area contributed by atoms with Crippen molar-refractivity contribution in [1.29, 1.82) is 0 Å². The summed E-state index contributed by atoms with van der Waals surface area (Å²) in [5.74, 6) is 0.912. The highest BCUT2D eigenvalue weighted by molar-refractivity contribution is 4.72. The second-order valence-electron chi connectivity index (χ2n) is 3.68. The summed E-state index contributed by atoms with van der Waals surface area (Å²) >= 11 is 0. The molecule has 1 saturated carbocycles. The van der Waals surface area contributed by atoms with Crippen molar-refractivity contribution in [3.63, 3.8) is 0 Å². The molecule has 3 N–H and O–H groups in total. The van der Waals surface area contributed by atoms with Crippen molar-refractivity contribution in [3.8, 4) is 0 Å². The lowest BCUT2D eigenvalue weighted by atomic mass is 10.3. The monoisotopic (exact) mass is 156 g/mol. The van der Waals surface area contributed by atoms with E-state index in [9.17, 15) is 0 Å². The molecule has 0 bridgehead atoms. The highest BCUT2D eigenvalue weighted by atomic mass is 14.9. The summed E-state index contributed by atoms with van der Waals surface area (Å²) in [6.07, 6.45) is 5.52. The molecule has 0 aromatic rings. The van der Waals surface area contributed by atoms with Gasteiger partial charge in [-0.05, 0) is 51.6 Å². The largest absolute Gasteiger partial charge is 0.330 e. The molecule has 66 valence electrons. The maximum Gasteiger partial charge on any atom is 0.00391 e. The Morgan fingerprint density at radius 3 is 2.18 bits per heavy atom. The van der Waals surface area contributed by atoms with E-state index in [1.54, 1.807) is 0 Å². The van der Waals surface area contributed by atoms with Crippen LogP contribution in [0.25, 0.3) is 0 Å². The molecular weight excluding hydrogens is 136 g/mol. The Morgan fingerprint density at radius 2 is 2.09 bits per heavy atom. The molecule has 11 heavy (non-hydrogen) atoms. The van der Waals surface area contributed by atoms with E-state index in [2.05, 4.69) is 12.2 Å². The van der Waals surface area contributed by atoms with Gasteiger partial charge in [0.25, 0.3) is 0 Å². The summed E-state index contributed by atoms with van der Waals surface area (Å²) in [6.45, 7) is 4.38. The normalized spacial score (nSPS) is 29.5. The zero-order chi connectivity index (χ0) is 8.10. The molecule has 0 aromatic heterocycles. The summed E-state index contributed by atoms with van der Waals surface area (Å²) in [6, 6.07) is 0.796. The summed E-state index contributed by atoms with van der Waals surface area (Å²) in [5, 5.41) is 3.32. The molecule has 1 atom stereocenters. The van der Waals surface area contributed by atoms with Crippen molar-refractivity contribution in [2.24, 2.45) is 11.7 Å². The minimum absolute atomic E-state index is 0.796. The Kier molecular flexibility index (Phi) is 3.87. The van der Waals surface area contributed by atoms with Gasteiger partial charge in [0, 0.05) is 6.04 Å². The molecule has 1 heterocycles. The average molecular weight is 156 g/mol. The van der Waals surface area contributed by atoms with Gasteiger partial charge in [0.2, 0.25) is 0 Å². The van der Waals surface area contributed by atoms with Gasteiger partial charge in [0.15, 0.2) is 0 Å². The summed E-state index contributed by atoms with van der Waals surface area (Å²) in [7, 11) is 0. The van der Waals surface area contributed by atoms with Gasteiger partial charge < -0.3 is 11.1 Å². The Balaban J connectivity index is 0.000000112. The van der Waals surface area contributed by atoms with E-state index in [1.165, 1.54) is 32.2 Å². The van der Waals surface area contributed by atoms with E-state index in [0.717, 1.165) is 18.5 Å². The van der Waals surface area contributed by atoms with Gasteiger partial charge >= 0.3 is 0 Å². The van der Waals surface area contributed by atoms with Crippen molar-refractivity contribution in [2.45, 2.75) is 38.6 Å². The van der Waals surface area contributed by atoms with Crippen LogP contribution in [0.15, 0.2) is 0 Å². The second kappa shape index (κ2) is 4.73. The minimum atomic E-state index is 0.796. The van der Waals surface area contributed by atoms with Crippen molar-refractivity contribution < 1.29 is 0 Å². The predicted molar refractivity (Wildman–Crippen MR) is 48.5 cm³/mol. The first-order valence-corrected chi connectivity index (χ1v) is 4.76. The molecule has 1 aliphatic carbocycles. The van der Waals surface area contributed by atoms with Crippen LogP contribution in [0.1, 0.15) is 32.6 Å². The fourth-order valence-electron chi connectivity index (χ4n) is 1.21. The lowest BCUT2D eigenvalue weighted by molar-refractivity contribution is 0.664. The maximum absolute atomic E-state index is 5.23. The van der Waals surface area contributed by atoms with E-state index in [1.807, 2.05) is 0 Å². The van der Waals surface area contributed by atoms with Crippen LogP contribution in [0.2, 0.25) is 0 Å². The van der Waals surface area contributed by atoms with E-state index in [4.69, 9.17) is 5.73 Å². The van der Waals surface area contributed by atoms with Gasteiger partial charge in [-0.3, -0.25) is 0 Å². The minimum Gasteiger partial charge on any atom is -0.330 e. The molecule has 0 radical (unpaired) electrons. The zero-order valence-electron chi connectivity index (χ0n) is 7.47. The third kappa shape index (κ3) is 4.38. The van der Waals surface area contributed by atoms with Crippen LogP contribution in [-0.2, 0) is 0 Å². The van der Waals surface area contributed by atoms with Gasteiger partial charge in [-0.15, -0.1) is 0 Å². The topological polar surface area (TPSA) is 38.0 Å². The molecule has 2 rings (SSSR count).